The van der Waals surface area contributed by atoms with Crippen LogP contribution in [0.25, 0.3) is 20.7 Å². The van der Waals surface area contributed by atoms with Gasteiger partial charge in [0.1, 0.15) is 4.32 Å². The van der Waals surface area contributed by atoms with E-state index in [0.29, 0.717) is 0 Å². The number of hydrogen-bond donors (Lipinski definition) is 2. The van der Waals surface area contributed by atoms with Gasteiger partial charge in [-0.3, -0.25) is 4.79 Å². The summed E-state index contributed by atoms with van der Waals surface area (Å²) in [5.41, 5.74) is 7.57. The number of thiol groups is 1. The molecule has 4 nitrogen and oxygen atoms in total. The van der Waals surface area contributed by atoms with E-state index < -0.39 is 0 Å². The van der Waals surface area contributed by atoms with E-state index in [2.05, 4.69) is 34.8 Å². The Morgan fingerprint density at radius 3 is 2.37 bits per heavy atom. The fourth-order valence-electron chi connectivity index (χ4n) is 1.44. The SMILES string of the molecule is Cc1ccc2nc3sc(=O)sc3nc2c1.NC(=S)S. The van der Waals surface area contributed by atoms with Crippen LogP contribution < -0.4 is 9.79 Å². The largest absolute Gasteiger partial charge is 0.385 e. The number of fused-ring (bicyclic) bond motifs is 2. The van der Waals surface area contributed by atoms with Crippen LogP contribution >= 0.6 is 47.5 Å². The van der Waals surface area contributed by atoms with Gasteiger partial charge in [0.25, 0.3) is 4.06 Å². The second kappa shape index (κ2) is 5.91. The Kier molecular flexibility index (Phi) is 4.46. The minimum absolute atomic E-state index is 0.0528. The lowest BCUT2D eigenvalue weighted by Gasteiger charge is -1.97. The first-order chi connectivity index (χ1) is 8.95. The van der Waals surface area contributed by atoms with Crippen LogP contribution in [0.1, 0.15) is 5.56 Å². The second-order valence-corrected chi connectivity index (χ2v) is 7.02. The molecule has 0 atom stereocenters. The van der Waals surface area contributed by atoms with Crippen LogP contribution in [0.4, 0.5) is 0 Å². The average Bonchev–Trinajstić information content (AvgIpc) is 2.64. The summed E-state index contributed by atoms with van der Waals surface area (Å²) in [4.78, 5) is 21.5. The smallest absolute Gasteiger partial charge is 0.291 e. The summed E-state index contributed by atoms with van der Waals surface area (Å²) in [7, 11) is 0. The molecule has 0 spiro atoms. The van der Waals surface area contributed by atoms with E-state index in [4.69, 9.17) is 5.73 Å². The van der Waals surface area contributed by atoms with Crippen molar-refractivity contribution < 1.29 is 0 Å². The molecule has 3 aromatic rings. The molecule has 2 heterocycles. The highest BCUT2D eigenvalue weighted by Gasteiger charge is 2.05. The van der Waals surface area contributed by atoms with Gasteiger partial charge in [0.15, 0.2) is 9.66 Å². The fourth-order valence-corrected chi connectivity index (χ4v) is 3.20. The zero-order valence-electron chi connectivity index (χ0n) is 9.78. The topological polar surface area (TPSA) is 68.9 Å². The molecule has 1 aromatic carbocycles. The lowest BCUT2D eigenvalue weighted by Crippen LogP contribution is -1.94. The van der Waals surface area contributed by atoms with Crippen LogP contribution in [-0.4, -0.2) is 14.3 Å². The van der Waals surface area contributed by atoms with Gasteiger partial charge in [-0.25, -0.2) is 9.97 Å². The summed E-state index contributed by atoms with van der Waals surface area (Å²) >= 11 is 9.98. The molecule has 0 aliphatic heterocycles. The third-order valence-corrected chi connectivity index (χ3v) is 4.04. The van der Waals surface area contributed by atoms with Crippen molar-refractivity contribution >= 4 is 72.5 Å². The van der Waals surface area contributed by atoms with Gasteiger partial charge < -0.3 is 5.73 Å². The second-order valence-electron chi connectivity index (χ2n) is 3.62. The van der Waals surface area contributed by atoms with Gasteiger partial charge in [-0.05, 0) is 24.6 Å². The number of hydrogen-bond acceptors (Lipinski definition) is 6. The minimum atomic E-state index is 0.0528. The van der Waals surface area contributed by atoms with Crippen LogP contribution in [0.3, 0.4) is 0 Å². The highest BCUT2D eigenvalue weighted by molar-refractivity contribution is 8.10. The Morgan fingerprint density at radius 1 is 1.26 bits per heavy atom. The van der Waals surface area contributed by atoms with E-state index >= 15 is 0 Å². The van der Waals surface area contributed by atoms with E-state index in [1.165, 1.54) is 0 Å². The van der Waals surface area contributed by atoms with Crippen molar-refractivity contribution in [1.29, 1.82) is 0 Å². The highest BCUT2D eigenvalue weighted by atomic mass is 32.2. The first-order valence-corrected chi connectivity index (χ1v) is 7.61. The third kappa shape index (κ3) is 3.69. The van der Waals surface area contributed by atoms with Gasteiger partial charge in [0, 0.05) is 0 Å². The summed E-state index contributed by atoms with van der Waals surface area (Å²) in [6, 6.07) is 5.92. The molecule has 0 aliphatic rings. The van der Waals surface area contributed by atoms with E-state index in [1.54, 1.807) is 0 Å². The van der Waals surface area contributed by atoms with Crippen LogP contribution in [0.2, 0.25) is 0 Å². The van der Waals surface area contributed by atoms with Crippen LogP contribution in [0, 0.1) is 6.92 Å². The molecule has 2 aromatic heterocycles. The standard InChI is InChI=1S/C10H6N2OS2.CH3NS2/c1-5-2-3-6-7(4-5)12-9-8(11-6)14-10(13)15-9;2-1(3)4/h2-4H,1H3;(H3,2,3,4). The van der Waals surface area contributed by atoms with Crippen LogP contribution in [0.15, 0.2) is 23.0 Å². The van der Waals surface area contributed by atoms with Gasteiger partial charge in [0.05, 0.1) is 11.0 Å². The predicted octanol–water partition coefficient (Wildman–Crippen LogP) is 2.73. The number of nitrogens with zero attached hydrogens (tertiary/aromatic N) is 2. The van der Waals surface area contributed by atoms with Gasteiger partial charge in [-0.15, -0.1) is 12.6 Å². The molecule has 0 unspecified atom stereocenters. The number of aromatic nitrogens is 2. The molecule has 0 saturated heterocycles. The Balaban J connectivity index is 0.000000297. The number of rotatable bonds is 0. The molecule has 0 radical (unpaired) electrons. The monoisotopic (exact) mass is 327 g/mol. The molecule has 98 valence electrons. The molecule has 0 aliphatic carbocycles. The maximum atomic E-state index is 11.2. The van der Waals surface area contributed by atoms with Crippen LogP contribution in [-0.2, 0) is 0 Å². The summed E-state index contributed by atoms with van der Waals surface area (Å²) in [5.74, 6) is 0. The number of nitrogens with two attached hydrogens (primary N) is 1. The summed E-state index contributed by atoms with van der Waals surface area (Å²) in [6.07, 6.45) is 0. The van der Waals surface area contributed by atoms with Crippen molar-refractivity contribution in [3.05, 3.63) is 32.6 Å². The van der Waals surface area contributed by atoms with E-state index in [0.717, 1.165) is 48.9 Å². The lowest BCUT2D eigenvalue weighted by molar-refractivity contribution is 1.40. The Labute approximate surface area is 127 Å². The first-order valence-electron chi connectivity index (χ1n) is 5.12. The Hall–Kier alpha value is -1.09. The van der Waals surface area contributed by atoms with Crippen LogP contribution in [0.5, 0.6) is 0 Å². The molecule has 19 heavy (non-hydrogen) atoms. The third-order valence-electron chi connectivity index (χ3n) is 2.12. The van der Waals surface area contributed by atoms with E-state index in [-0.39, 0.29) is 8.38 Å². The Morgan fingerprint density at radius 2 is 1.79 bits per heavy atom. The van der Waals surface area contributed by atoms with Gasteiger partial charge >= 0.3 is 0 Å². The number of thiocarbonyl (C=S) groups is 1. The molecule has 0 saturated carbocycles. The Bertz CT molecular complexity index is 804. The lowest BCUT2D eigenvalue weighted by atomic mass is 10.2. The van der Waals surface area contributed by atoms with E-state index in [9.17, 15) is 4.79 Å². The van der Waals surface area contributed by atoms with Gasteiger partial charge in [-0.1, -0.05) is 41.0 Å². The van der Waals surface area contributed by atoms with Crippen molar-refractivity contribution in [2.75, 3.05) is 0 Å². The number of aryl methyl sites for hydroxylation is 1. The maximum Gasteiger partial charge on any atom is 0.291 e. The molecular weight excluding hydrogens is 318 g/mol. The zero-order valence-corrected chi connectivity index (χ0v) is 13.1. The predicted molar refractivity (Wildman–Crippen MR) is 89.6 cm³/mol. The molecule has 8 heteroatoms. The zero-order chi connectivity index (χ0) is 14.0. The van der Waals surface area contributed by atoms with E-state index in [1.807, 2.05) is 25.1 Å². The van der Waals surface area contributed by atoms with Gasteiger partial charge in [-0.2, -0.15) is 0 Å². The normalized spacial score (nSPS) is 10.2. The highest BCUT2D eigenvalue weighted by Crippen LogP contribution is 2.21. The molecule has 0 bridgehead atoms. The molecule has 0 amide bonds. The van der Waals surface area contributed by atoms with Crippen molar-refractivity contribution in [3.63, 3.8) is 0 Å². The molecular formula is C11H9N3OS4. The van der Waals surface area contributed by atoms with Crippen molar-refractivity contribution in [3.8, 4) is 0 Å². The quantitative estimate of drug-likeness (QED) is 0.491. The summed E-state index contributed by atoms with van der Waals surface area (Å²) in [5, 5.41) is 0. The summed E-state index contributed by atoms with van der Waals surface area (Å²) < 4.78 is 0.247. The minimum Gasteiger partial charge on any atom is -0.385 e. The fraction of sp³-hybridized carbons (Fsp3) is 0.0909. The first kappa shape index (κ1) is 14.3. The molecule has 0 fully saturated rings. The summed E-state index contributed by atoms with van der Waals surface area (Å²) in [6.45, 7) is 2.02. The van der Waals surface area contributed by atoms with Gasteiger partial charge in [0.2, 0.25) is 0 Å². The maximum absolute atomic E-state index is 11.2. The van der Waals surface area contributed by atoms with Crippen molar-refractivity contribution in [1.82, 2.24) is 9.97 Å². The molecule has 2 N–H and O–H groups in total. The average molecular weight is 327 g/mol. The van der Waals surface area contributed by atoms with Crippen molar-refractivity contribution in [2.45, 2.75) is 6.92 Å². The van der Waals surface area contributed by atoms with Crippen molar-refractivity contribution in [2.24, 2.45) is 5.73 Å². The number of benzene rings is 1. The molecule has 3 rings (SSSR count).